The number of ether oxygens (including phenoxy) is 2. The summed E-state index contributed by atoms with van der Waals surface area (Å²) in [7, 11) is 1.80. The summed E-state index contributed by atoms with van der Waals surface area (Å²) in [5.74, 6) is 1.93. The van der Waals surface area contributed by atoms with Crippen LogP contribution in [0.15, 0.2) is 30.5 Å². The second kappa shape index (κ2) is 5.44. The van der Waals surface area contributed by atoms with Crippen molar-refractivity contribution in [2.75, 3.05) is 12.3 Å². The van der Waals surface area contributed by atoms with E-state index in [1.54, 1.807) is 17.9 Å². The predicted molar refractivity (Wildman–Crippen MR) is 69.9 cm³/mol. The third kappa shape index (κ3) is 2.94. The van der Waals surface area contributed by atoms with Gasteiger partial charge in [-0.15, -0.1) is 5.10 Å². The van der Waals surface area contributed by atoms with Gasteiger partial charge in [-0.3, -0.25) is 4.68 Å². The van der Waals surface area contributed by atoms with E-state index in [0.717, 1.165) is 12.2 Å². The first-order valence-corrected chi connectivity index (χ1v) is 5.89. The van der Waals surface area contributed by atoms with E-state index in [2.05, 4.69) is 12.0 Å². The van der Waals surface area contributed by atoms with Crippen LogP contribution in [0.3, 0.4) is 0 Å². The molecule has 0 spiro atoms. The van der Waals surface area contributed by atoms with Crippen LogP contribution in [-0.4, -0.2) is 16.4 Å². The van der Waals surface area contributed by atoms with E-state index in [9.17, 15) is 0 Å². The Hall–Kier alpha value is -2.17. The lowest BCUT2D eigenvalue weighted by Crippen LogP contribution is -1.95. The molecule has 0 aliphatic heterocycles. The Morgan fingerprint density at radius 1 is 1.22 bits per heavy atom. The van der Waals surface area contributed by atoms with E-state index in [1.807, 2.05) is 24.3 Å². The first-order valence-electron chi connectivity index (χ1n) is 5.89. The fourth-order valence-corrected chi connectivity index (χ4v) is 1.50. The van der Waals surface area contributed by atoms with Gasteiger partial charge in [0.25, 0.3) is 5.88 Å². The second-order valence-corrected chi connectivity index (χ2v) is 3.99. The molecular formula is C13H17N3O2. The SMILES string of the molecule is CCCOc1ccc(Oc2nn(C)cc2N)cc1. The first-order chi connectivity index (χ1) is 8.69. The number of benzene rings is 1. The van der Waals surface area contributed by atoms with E-state index in [4.69, 9.17) is 15.2 Å². The van der Waals surface area contributed by atoms with Gasteiger partial charge in [-0.2, -0.15) is 0 Å². The molecule has 0 amide bonds. The molecule has 0 unspecified atom stereocenters. The Bertz CT molecular complexity index is 505. The molecule has 2 aromatic rings. The van der Waals surface area contributed by atoms with Crippen LogP contribution in [0.2, 0.25) is 0 Å². The van der Waals surface area contributed by atoms with Gasteiger partial charge < -0.3 is 15.2 Å². The molecule has 0 aliphatic carbocycles. The first kappa shape index (κ1) is 12.3. The third-order valence-corrected chi connectivity index (χ3v) is 2.33. The average Bonchev–Trinajstić information content (AvgIpc) is 2.67. The number of rotatable bonds is 5. The van der Waals surface area contributed by atoms with Crippen molar-refractivity contribution < 1.29 is 9.47 Å². The van der Waals surface area contributed by atoms with Gasteiger partial charge in [0.1, 0.15) is 17.2 Å². The lowest BCUT2D eigenvalue weighted by atomic mass is 10.3. The van der Waals surface area contributed by atoms with Crippen LogP contribution < -0.4 is 15.2 Å². The standard InChI is InChI=1S/C13H17N3O2/c1-3-8-17-10-4-6-11(7-5-10)18-13-12(14)9-16(2)15-13/h4-7,9H,3,8,14H2,1-2H3. The Labute approximate surface area is 106 Å². The fourth-order valence-electron chi connectivity index (χ4n) is 1.50. The van der Waals surface area contributed by atoms with Crippen LogP contribution in [-0.2, 0) is 7.05 Å². The van der Waals surface area contributed by atoms with Gasteiger partial charge in [-0.1, -0.05) is 6.92 Å². The minimum atomic E-state index is 0.416. The summed E-state index contributed by atoms with van der Waals surface area (Å²) in [5, 5.41) is 4.12. The maximum atomic E-state index is 5.75. The minimum Gasteiger partial charge on any atom is -0.494 e. The lowest BCUT2D eigenvalue weighted by molar-refractivity contribution is 0.317. The molecule has 5 nitrogen and oxygen atoms in total. The summed E-state index contributed by atoms with van der Waals surface area (Å²) in [5.41, 5.74) is 6.27. The van der Waals surface area contributed by atoms with Gasteiger partial charge in [0.05, 0.1) is 12.8 Å². The molecule has 0 saturated heterocycles. The Kier molecular flexibility index (Phi) is 3.72. The zero-order chi connectivity index (χ0) is 13.0. The van der Waals surface area contributed by atoms with Crippen LogP contribution in [0.4, 0.5) is 5.69 Å². The van der Waals surface area contributed by atoms with Gasteiger partial charge in [0.2, 0.25) is 0 Å². The summed E-state index contributed by atoms with van der Waals surface area (Å²) in [6.07, 6.45) is 2.69. The molecule has 18 heavy (non-hydrogen) atoms. The summed E-state index contributed by atoms with van der Waals surface area (Å²) in [4.78, 5) is 0. The summed E-state index contributed by atoms with van der Waals surface area (Å²) in [6, 6.07) is 7.40. The highest BCUT2D eigenvalue weighted by Gasteiger charge is 2.06. The fraction of sp³-hybridized carbons (Fsp3) is 0.308. The Morgan fingerprint density at radius 3 is 2.44 bits per heavy atom. The highest BCUT2D eigenvalue weighted by Crippen LogP contribution is 2.26. The van der Waals surface area contributed by atoms with Crippen molar-refractivity contribution in [1.29, 1.82) is 0 Å². The van der Waals surface area contributed by atoms with E-state index in [0.29, 0.717) is 23.9 Å². The van der Waals surface area contributed by atoms with Crippen LogP contribution in [0.1, 0.15) is 13.3 Å². The number of hydrogen-bond donors (Lipinski definition) is 1. The molecule has 1 aromatic carbocycles. The zero-order valence-electron chi connectivity index (χ0n) is 10.6. The van der Waals surface area contributed by atoms with Crippen molar-refractivity contribution in [2.45, 2.75) is 13.3 Å². The molecule has 0 saturated carbocycles. The monoisotopic (exact) mass is 247 g/mol. The van der Waals surface area contributed by atoms with E-state index >= 15 is 0 Å². The van der Waals surface area contributed by atoms with Crippen LogP contribution in [0.5, 0.6) is 17.4 Å². The number of aromatic nitrogens is 2. The van der Waals surface area contributed by atoms with Gasteiger partial charge in [0, 0.05) is 7.05 Å². The molecule has 2 rings (SSSR count). The van der Waals surface area contributed by atoms with Crippen LogP contribution >= 0.6 is 0 Å². The molecule has 96 valence electrons. The van der Waals surface area contributed by atoms with E-state index < -0.39 is 0 Å². The maximum Gasteiger partial charge on any atom is 0.261 e. The Balaban J connectivity index is 2.04. The molecule has 2 N–H and O–H groups in total. The highest BCUT2D eigenvalue weighted by atomic mass is 16.5. The number of anilines is 1. The van der Waals surface area contributed by atoms with Crippen molar-refractivity contribution in [1.82, 2.24) is 9.78 Å². The molecule has 0 atom stereocenters. The highest BCUT2D eigenvalue weighted by molar-refractivity contribution is 5.48. The van der Waals surface area contributed by atoms with Gasteiger partial charge in [-0.05, 0) is 30.7 Å². The van der Waals surface area contributed by atoms with E-state index in [-0.39, 0.29) is 0 Å². The van der Waals surface area contributed by atoms with Crippen molar-refractivity contribution in [3.8, 4) is 17.4 Å². The molecule has 0 aliphatic rings. The van der Waals surface area contributed by atoms with Crippen molar-refractivity contribution in [2.24, 2.45) is 7.05 Å². The molecule has 1 aromatic heterocycles. The average molecular weight is 247 g/mol. The smallest absolute Gasteiger partial charge is 0.261 e. The molecule has 5 heteroatoms. The van der Waals surface area contributed by atoms with E-state index in [1.165, 1.54) is 0 Å². The zero-order valence-corrected chi connectivity index (χ0v) is 10.6. The predicted octanol–water partition coefficient (Wildman–Crippen LogP) is 2.58. The summed E-state index contributed by atoms with van der Waals surface area (Å²) in [6.45, 7) is 2.79. The number of nitrogens with two attached hydrogens (primary N) is 1. The van der Waals surface area contributed by atoms with Gasteiger partial charge >= 0.3 is 0 Å². The van der Waals surface area contributed by atoms with Gasteiger partial charge in [0.15, 0.2) is 0 Å². The number of aryl methyl sites for hydroxylation is 1. The van der Waals surface area contributed by atoms with Crippen molar-refractivity contribution in [3.63, 3.8) is 0 Å². The molecule has 1 heterocycles. The minimum absolute atomic E-state index is 0.416. The van der Waals surface area contributed by atoms with Crippen molar-refractivity contribution in [3.05, 3.63) is 30.5 Å². The Morgan fingerprint density at radius 2 is 1.89 bits per heavy atom. The molecule has 0 fully saturated rings. The topological polar surface area (TPSA) is 62.3 Å². The van der Waals surface area contributed by atoms with Gasteiger partial charge in [-0.25, -0.2) is 0 Å². The second-order valence-electron chi connectivity index (χ2n) is 3.99. The van der Waals surface area contributed by atoms with Crippen LogP contribution in [0, 0.1) is 0 Å². The van der Waals surface area contributed by atoms with Crippen LogP contribution in [0.25, 0.3) is 0 Å². The molecule has 0 radical (unpaired) electrons. The number of hydrogen-bond acceptors (Lipinski definition) is 4. The lowest BCUT2D eigenvalue weighted by Gasteiger charge is -2.06. The van der Waals surface area contributed by atoms with Crippen molar-refractivity contribution >= 4 is 5.69 Å². The number of nitrogens with zero attached hydrogens (tertiary/aromatic N) is 2. The largest absolute Gasteiger partial charge is 0.494 e. The summed E-state index contributed by atoms with van der Waals surface area (Å²) >= 11 is 0. The third-order valence-electron chi connectivity index (χ3n) is 2.33. The number of nitrogen functional groups attached to an aromatic ring is 1. The summed E-state index contributed by atoms with van der Waals surface area (Å²) < 4.78 is 12.7. The molecular weight excluding hydrogens is 230 g/mol. The molecule has 0 bridgehead atoms. The quantitative estimate of drug-likeness (QED) is 0.882. The maximum absolute atomic E-state index is 5.75. The normalized spacial score (nSPS) is 10.3.